The van der Waals surface area contributed by atoms with Crippen LogP contribution in [0.2, 0.25) is 0 Å². The molecule has 2 atom stereocenters. The van der Waals surface area contributed by atoms with Crippen molar-refractivity contribution in [2.75, 3.05) is 31.0 Å². The van der Waals surface area contributed by atoms with Crippen LogP contribution in [0.4, 0.5) is 11.4 Å². The van der Waals surface area contributed by atoms with Crippen LogP contribution in [0.5, 0.6) is 0 Å². The van der Waals surface area contributed by atoms with Crippen LogP contribution in [-0.4, -0.2) is 57.6 Å². The van der Waals surface area contributed by atoms with Crippen molar-refractivity contribution in [3.8, 4) is 0 Å². The molecule has 5 rings (SSSR count). The Morgan fingerprint density at radius 1 is 1.21 bits per heavy atom. The fourth-order valence-electron chi connectivity index (χ4n) is 4.92. The van der Waals surface area contributed by atoms with Gasteiger partial charge in [-0.15, -0.1) is 0 Å². The number of ether oxygens (including phenoxy) is 2. The van der Waals surface area contributed by atoms with Gasteiger partial charge in [0, 0.05) is 43.5 Å². The van der Waals surface area contributed by atoms with Crippen LogP contribution in [0.15, 0.2) is 61.1 Å². The fraction of sp³-hybridized carbons (Fsp3) is 0.379. The molecule has 0 spiro atoms. The van der Waals surface area contributed by atoms with E-state index in [9.17, 15) is 9.59 Å². The minimum Gasteiger partial charge on any atom is -0.464 e. The first-order valence-electron chi connectivity index (χ1n) is 13.3. The van der Waals surface area contributed by atoms with Crippen LogP contribution < -0.4 is 10.6 Å². The van der Waals surface area contributed by atoms with Gasteiger partial charge in [-0.05, 0) is 43.9 Å². The highest BCUT2D eigenvalue weighted by Gasteiger charge is 2.30. The van der Waals surface area contributed by atoms with E-state index in [0.717, 1.165) is 24.2 Å². The summed E-state index contributed by atoms with van der Waals surface area (Å²) in [6.07, 6.45) is 7.66. The fourth-order valence-corrected chi connectivity index (χ4v) is 4.92. The summed E-state index contributed by atoms with van der Waals surface area (Å²) < 4.78 is 14.3. The number of hydrogen-bond donors (Lipinski definition) is 2. The minimum atomic E-state index is -0.527. The summed E-state index contributed by atoms with van der Waals surface area (Å²) in [7, 11) is 1.35. The first-order chi connectivity index (χ1) is 19.0. The zero-order valence-electron chi connectivity index (χ0n) is 22.3. The van der Waals surface area contributed by atoms with Gasteiger partial charge in [0.25, 0.3) is 0 Å². The number of pyridine rings is 1. The standard InChI is InChI=1S/C29H34N6O4/c1-20(9-14-34-13-6-12-31-34)32-23-17-24-25(33-28(36)22-11-16-39-19-22)26(29(37)38-2)35(27(24)30-18-23)15-10-21-7-4-3-5-8-21/h3-8,12-13,17-18,20,22,32H,9-11,14-16,19H2,1-2H3,(H,33,36)/t20-,22-/m1/s1. The number of aromatic nitrogens is 4. The van der Waals surface area contributed by atoms with Crippen LogP contribution in [0.1, 0.15) is 35.8 Å². The summed E-state index contributed by atoms with van der Waals surface area (Å²) in [4.78, 5) is 31.1. The van der Waals surface area contributed by atoms with Gasteiger partial charge in [0.15, 0.2) is 5.69 Å². The minimum absolute atomic E-state index is 0.141. The van der Waals surface area contributed by atoms with Gasteiger partial charge in [-0.3, -0.25) is 9.48 Å². The van der Waals surface area contributed by atoms with E-state index in [4.69, 9.17) is 14.5 Å². The highest BCUT2D eigenvalue weighted by molar-refractivity contribution is 6.11. The Morgan fingerprint density at radius 2 is 2.05 bits per heavy atom. The number of carbonyl (C=O) groups is 2. The third-order valence-corrected chi connectivity index (χ3v) is 7.06. The molecule has 1 aromatic carbocycles. The third-order valence-electron chi connectivity index (χ3n) is 7.06. The number of anilines is 2. The Labute approximate surface area is 227 Å². The summed E-state index contributed by atoms with van der Waals surface area (Å²) in [6, 6.07) is 14.0. The molecule has 1 amide bonds. The number of nitrogens with one attached hydrogen (secondary N) is 2. The van der Waals surface area contributed by atoms with E-state index in [1.165, 1.54) is 7.11 Å². The summed E-state index contributed by atoms with van der Waals surface area (Å²) >= 11 is 0. The lowest BCUT2D eigenvalue weighted by atomic mass is 10.1. The van der Waals surface area contributed by atoms with E-state index in [-0.39, 0.29) is 23.6 Å². The first kappa shape index (κ1) is 26.4. The van der Waals surface area contributed by atoms with Crippen molar-refractivity contribution in [2.45, 2.75) is 45.3 Å². The van der Waals surface area contributed by atoms with E-state index in [1.807, 2.05) is 57.9 Å². The van der Waals surface area contributed by atoms with Crippen molar-refractivity contribution in [3.05, 3.63) is 72.3 Å². The zero-order valence-corrected chi connectivity index (χ0v) is 22.3. The lowest BCUT2D eigenvalue weighted by Gasteiger charge is -2.15. The molecule has 0 aliphatic carbocycles. The SMILES string of the molecule is COC(=O)c1c(NC(=O)[C@@H]2CCOC2)c2cc(N[C@H](C)CCn3cccn3)cnc2n1CCc1ccccc1. The number of carbonyl (C=O) groups excluding carboxylic acids is 2. The Bertz CT molecular complexity index is 1410. The van der Waals surface area contributed by atoms with E-state index in [2.05, 4.69) is 22.7 Å². The van der Waals surface area contributed by atoms with Gasteiger partial charge in [-0.2, -0.15) is 5.10 Å². The summed E-state index contributed by atoms with van der Waals surface area (Å²) in [5, 5.41) is 11.5. The number of fused-ring (bicyclic) bond motifs is 1. The van der Waals surface area contributed by atoms with Crippen molar-refractivity contribution in [1.29, 1.82) is 0 Å². The number of amides is 1. The second kappa shape index (κ2) is 12.1. The molecule has 0 unspecified atom stereocenters. The molecule has 0 radical (unpaired) electrons. The molecular formula is C29H34N6O4. The molecule has 10 nitrogen and oxygen atoms in total. The van der Waals surface area contributed by atoms with Crippen LogP contribution in [0.25, 0.3) is 11.0 Å². The monoisotopic (exact) mass is 530 g/mol. The van der Waals surface area contributed by atoms with Crippen LogP contribution in [0, 0.1) is 5.92 Å². The molecule has 10 heteroatoms. The average Bonchev–Trinajstić information content (AvgIpc) is 3.73. The van der Waals surface area contributed by atoms with Gasteiger partial charge < -0.3 is 24.7 Å². The van der Waals surface area contributed by atoms with E-state index >= 15 is 0 Å². The van der Waals surface area contributed by atoms with Crippen molar-refractivity contribution in [1.82, 2.24) is 19.3 Å². The highest BCUT2D eigenvalue weighted by atomic mass is 16.5. The predicted molar refractivity (Wildman–Crippen MR) is 149 cm³/mol. The molecule has 3 aromatic heterocycles. The second-order valence-corrected chi connectivity index (χ2v) is 9.85. The number of esters is 1. The molecular weight excluding hydrogens is 496 g/mol. The summed E-state index contributed by atoms with van der Waals surface area (Å²) in [5.74, 6) is -0.971. The molecule has 39 heavy (non-hydrogen) atoms. The molecule has 2 N–H and O–H groups in total. The number of benzene rings is 1. The number of nitrogens with zero attached hydrogens (tertiary/aromatic N) is 4. The number of rotatable bonds is 11. The smallest absolute Gasteiger partial charge is 0.356 e. The Kier molecular flexibility index (Phi) is 8.21. The molecule has 1 aliphatic rings. The van der Waals surface area contributed by atoms with Crippen molar-refractivity contribution < 1.29 is 19.1 Å². The lowest BCUT2D eigenvalue weighted by Crippen LogP contribution is -2.24. The van der Waals surface area contributed by atoms with Gasteiger partial charge in [0.2, 0.25) is 5.91 Å². The largest absolute Gasteiger partial charge is 0.464 e. The normalized spacial score (nSPS) is 15.8. The van der Waals surface area contributed by atoms with Crippen LogP contribution in [-0.2, 0) is 33.8 Å². The third kappa shape index (κ3) is 6.12. The topological polar surface area (TPSA) is 112 Å². The average molecular weight is 531 g/mol. The molecule has 4 heterocycles. The van der Waals surface area contributed by atoms with E-state index in [1.54, 1.807) is 12.4 Å². The van der Waals surface area contributed by atoms with Crippen molar-refractivity contribution >= 4 is 34.3 Å². The lowest BCUT2D eigenvalue weighted by molar-refractivity contribution is -0.119. The van der Waals surface area contributed by atoms with Gasteiger partial charge >= 0.3 is 5.97 Å². The van der Waals surface area contributed by atoms with Gasteiger partial charge in [0.1, 0.15) is 5.65 Å². The molecule has 4 aromatic rings. The van der Waals surface area contributed by atoms with Gasteiger partial charge in [0.05, 0.1) is 37.2 Å². The maximum absolute atomic E-state index is 13.2. The van der Waals surface area contributed by atoms with Crippen LogP contribution in [0.3, 0.4) is 0 Å². The Morgan fingerprint density at radius 3 is 2.77 bits per heavy atom. The van der Waals surface area contributed by atoms with Crippen molar-refractivity contribution in [2.24, 2.45) is 5.92 Å². The Hall–Kier alpha value is -4.18. The van der Waals surface area contributed by atoms with Gasteiger partial charge in [-0.25, -0.2) is 9.78 Å². The molecule has 1 aliphatic heterocycles. The van der Waals surface area contributed by atoms with E-state index in [0.29, 0.717) is 49.3 Å². The van der Waals surface area contributed by atoms with Crippen molar-refractivity contribution in [3.63, 3.8) is 0 Å². The van der Waals surface area contributed by atoms with Gasteiger partial charge in [-0.1, -0.05) is 30.3 Å². The quantitative estimate of drug-likeness (QED) is 0.281. The number of methoxy groups -OCH3 is 1. The molecule has 204 valence electrons. The molecule has 1 fully saturated rings. The maximum Gasteiger partial charge on any atom is 0.356 e. The second-order valence-electron chi connectivity index (χ2n) is 9.85. The summed E-state index contributed by atoms with van der Waals surface area (Å²) in [5.41, 5.74) is 3.24. The molecule has 1 saturated heterocycles. The van der Waals surface area contributed by atoms with Crippen LogP contribution >= 0.6 is 0 Å². The molecule has 0 saturated carbocycles. The zero-order chi connectivity index (χ0) is 27.2. The maximum atomic E-state index is 13.2. The van der Waals surface area contributed by atoms with E-state index < -0.39 is 5.97 Å². The molecule has 0 bridgehead atoms. The number of aryl methyl sites for hydroxylation is 3. The number of hydrogen-bond acceptors (Lipinski definition) is 7. The highest BCUT2D eigenvalue weighted by Crippen LogP contribution is 2.34. The Balaban J connectivity index is 1.49. The first-order valence-corrected chi connectivity index (χ1v) is 13.3. The summed E-state index contributed by atoms with van der Waals surface area (Å²) in [6.45, 7) is 4.29. The predicted octanol–water partition coefficient (Wildman–Crippen LogP) is 4.13.